The van der Waals surface area contributed by atoms with E-state index in [0.29, 0.717) is 0 Å². The van der Waals surface area contributed by atoms with Crippen LogP contribution in [0.2, 0.25) is 0 Å². The fourth-order valence-corrected chi connectivity index (χ4v) is 2.87. The molecule has 0 heterocycles. The Morgan fingerprint density at radius 1 is 0.560 bits per heavy atom. The Bertz CT molecular complexity index is 904. The highest BCUT2D eigenvalue weighted by molar-refractivity contribution is 5.76. The largest absolute Gasteiger partial charge is 0.416 e. The third kappa shape index (κ3) is 3.60. The van der Waals surface area contributed by atoms with E-state index in [1.165, 1.54) is 23.3 Å². The predicted octanol–water partition coefficient (Wildman–Crippen LogP) is 6.96. The smallest absolute Gasteiger partial charge is 0.166 e. The van der Waals surface area contributed by atoms with Crippen molar-refractivity contribution < 1.29 is 13.2 Å². The molecule has 0 amide bonds. The van der Waals surface area contributed by atoms with E-state index >= 15 is 0 Å². The highest BCUT2D eigenvalue weighted by Crippen LogP contribution is 2.33. The molecule has 3 heteroatoms. The van der Waals surface area contributed by atoms with Crippen molar-refractivity contribution in [1.29, 1.82) is 0 Å². The van der Waals surface area contributed by atoms with Crippen molar-refractivity contribution in [2.45, 2.75) is 26.9 Å². The van der Waals surface area contributed by atoms with Gasteiger partial charge < -0.3 is 0 Å². The Hall–Kier alpha value is -2.55. The van der Waals surface area contributed by atoms with Gasteiger partial charge in [-0.15, -0.1) is 0 Å². The summed E-state index contributed by atoms with van der Waals surface area (Å²) in [6, 6.07) is 17.7. The molecule has 3 aromatic rings. The molecular formula is C22H19F3. The monoisotopic (exact) mass is 340 g/mol. The Kier molecular flexibility index (Phi) is 4.42. The lowest BCUT2D eigenvalue weighted by atomic mass is 9.93. The molecule has 0 atom stereocenters. The van der Waals surface area contributed by atoms with Crippen LogP contribution in [0.4, 0.5) is 13.2 Å². The van der Waals surface area contributed by atoms with Crippen LogP contribution in [-0.4, -0.2) is 0 Å². The van der Waals surface area contributed by atoms with Crippen LogP contribution in [0.1, 0.15) is 22.3 Å². The van der Waals surface area contributed by atoms with E-state index in [-0.39, 0.29) is 0 Å². The van der Waals surface area contributed by atoms with Crippen LogP contribution in [0.5, 0.6) is 0 Å². The fraction of sp³-hybridized carbons (Fsp3) is 0.182. The van der Waals surface area contributed by atoms with Gasteiger partial charge in [0.15, 0.2) is 0 Å². The lowest BCUT2D eigenvalue weighted by molar-refractivity contribution is -0.137. The van der Waals surface area contributed by atoms with Crippen LogP contribution >= 0.6 is 0 Å². The van der Waals surface area contributed by atoms with Gasteiger partial charge in [-0.3, -0.25) is 0 Å². The van der Waals surface area contributed by atoms with Crippen LogP contribution in [0.25, 0.3) is 22.3 Å². The van der Waals surface area contributed by atoms with E-state index in [2.05, 4.69) is 32.0 Å². The topological polar surface area (TPSA) is 0 Å². The molecule has 3 rings (SSSR count). The van der Waals surface area contributed by atoms with Gasteiger partial charge in [-0.2, -0.15) is 13.2 Å². The van der Waals surface area contributed by atoms with Crippen LogP contribution in [0.15, 0.2) is 60.7 Å². The second-order valence-corrected chi connectivity index (χ2v) is 6.40. The van der Waals surface area contributed by atoms with E-state index in [1.54, 1.807) is 0 Å². The van der Waals surface area contributed by atoms with Gasteiger partial charge in [-0.1, -0.05) is 42.5 Å². The first kappa shape index (κ1) is 17.3. The molecule has 25 heavy (non-hydrogen) atoms. The normalized spacial score (nSPS) is 11.6. The maximum Gasteiger partial charge on any atom is 0.416 e. The van der Waals surface area contributed by atoms with E-state index in [1.807, 2.05) is 25.1 Å². The first-order chi connectivity index (χ1) is 11.8. The summed E-state index contributed by atoms with van der Waals surface area (Å²) in [6.07, 6.45) is -4.31. The number of aryl methyl sites for hydroxylation is 3. The van der Waals surface area contributed by atoms with E-state index in [9.17, 15) is 13.2 Å². The molecule has 0 saturated carbocycles. The van der Waals surface area contributed by atoms with Crippen molar-refractivity contribution in [2.75, 3.05) is 0 Å². The zero-order chi connectivity index (χ0) is 18.2. The summed E-state index contributed by atoms with van der Waals surface area (Å²) in [5.74, 6) is 0. The van der Waals surface area contributed by atoms with Gasteiger partial charge in [-0.05, 0) is 77.9 Å². The zero-order valence-corrected chi connectivity index (χ0v) is 14.4. The molecular weight excluding hydrogens is 321 g/mol. The minimum Gasteiger partial charge on any atom is -0.166 e. The summed E-state index contributed by atoms with van der Waals surface area (Å²) in [5.41, 5.74) is 6.76. The molecule has 0 bridgehead atoms. The van der Waals surface area contributed by atoms with Gasteiger partial charge in [0.1, 0.15) is 0 Å². The molecule has 0 radical (unpaired) electrons. The van der Waals surface area contributed by atoms with Crippen molar-refractivity contribution >= 4 is 0 Å². The summed E-state index contributed by atoms with van der Waals surface area (Å²) in [4.78, 5) is 0. The number of benzene rings is 3. The number of hydrogen-bond donors (Lipinski definition) is 0. The SMILES string of the molecule is Cc1ccc(-c2ccc(C)c(-c3ccc(C(F)(F)F)cc3)c2)cc1C. The van der Waals surface area contributed by atoms with Crippen LogP contribution in [0.3, 0.4) is 0 Å². The number of rotatable bonds is 2. The third-order valence-electron chi connectivity index (χ3n) is 4.60. The minimum absolute atomic E-state index is 0.626. The van der Waals surface area contributed by atoms with Crippen molar-refractivity contribution in [3.63, 3.8) is 0 Å². The molecule has 0 nitrogen and oxygen atoms in total. The fourth-order valence-electron chi connectivity index (χ4n) is 2.87. The van der Waals surface area contributed by atoms with E-state index < -0.39 is 11.7 Å². The number of alkyl halides is 3. The molecule has 0 N–H and O–H groups in total. The third-order valence-corrected chi connectivity index (χ3v) is 4.60. The average Bonchev–Trinajstić information content (AvgIpc) is 2.57. The Labute approximate surface area is 146 Å². The summed E-state index contributed by atoms with van der Waals surface area (Å²) in [7, 11) is 0. The molecule has 0 aliphatic rings. The minimum atomic E-state index is -4.31. The molecule has 3 aromatic carbocycles. The second-order valence-electron chi connectivity index (χ2n) is 6.40. The van der Waals surface area contributed by atoms with E-state index in [4.69, 9.17) is 0 Å². The molecule has 0 unspecified atom stereocenters. The Morgan fingerprint density at radius 2 is 1.08 bits per heavy atom. The molecule has 0 aromatic heterocycles. The van der Waals surface area contributed by atoms with Gasteiger partial charge in [-0.25, -0.2) is 0 Å². The summed E-state index contributed by atoms with van der Waals surface area (Å²) in [6.45, 7) is 6.11. The van der Waals surface area contributed by atoms with Crippen molar-refractivity contribution in [2.24, 2.45) is 0 Å². The molecule has 0 aliphatic carbocycles. The van der Waals surface area contributed by atoms with Crippen molar-refractivity contribution in [3.8, 4) is 22.3 Å². The summed E-state index contributed by atoms with van der Waals surface area (Å²) < 4.78 is 38.3. The molecule has 0 fully saturated rings. The van der Waals surface area contributed by atoms with Crippen molar-refractivity contribution in [1.82, 2.24) is 0 Å². The number of hydrogen-bond acceptors (Lipinski definition) is 0. The van der Waals surface area contributed by atoms with Gasteiger partial charge >= 0.3 is 6.18 Å². The maximum atomic E-state index is 12.8. The number of halogens is 3. The lowest BCUT2D eigenvalue weighted by Gasteiger charge is -2.12. The lowest BCUT2D eigenvalue weighted by Crippen LogP contribution is -2.04. The summed E-state index contributed by atoms with van der Waals surface area (Å²) >= 11 is 0. The predicted molar refractivity (Wildman–Crippen MR) is 96.5 cm³/mol. The molecule has 0 spiro atoms. The zero-order valence-electron chi connectivity index (χ0n) is 14.4. The maximum absolute atomic E-state index is 12.8. The van der Waals surface area contributed by atoms with Gasteiger partial charge in [0.2, 0.25) is 0 Å². The van der Waals surface area contributed by atoms with Crippen LogP contribution in [-0.2, 0) is 6.18 Å². The second kappa shape index (κ2) is 6.40. The highest BCUT2D eigenvalue weighted by Gasteiger charge is 2.30. The van der Waals surface area contributed by atoms with Gasteiger partial charge in [0, 0.05) is 0 Å². The van der Waals surface area contributed by atoms with Crippen molar-refractivity contribution in [3.05, 3.63) is 82.9 Å². The van der Waals surface area contributed by atoms with Gasteiger partial charge in [0.05, 0.1) is 5.56 Å². The molecule has 128 valence electrons. The Balaban J connectivity index is 2.03. The van der Waals surface area contributed by atoms with Crippen LogP contribution in [0, 0.1) is 20.8 Å². The highest BCUT2D eigenvalue weighted by atomic mass is 19.4. The van der Waals surface area contributed by atoms with Gasteiger partial charge in [0.25, 0.3) is 0 Å². The summed E-state index contributed by atoms with van der Waals surface area (Å²) in [5, 5.41) is 0. The standard InChI is InChI=1S/C22H19F3/c1-14-4-6-18(12-16(14)3)19-7-5-15(2)21(13-19)17-8-10-20(11-9-17)22(23,24)25/h4-13H,1-3H3. The van der Waals surface area contributed by atoms with E-state index in [0.717, 1.165) is 39.9 Å². The first-order valence-electron chi connectivity index (χ1n) is 8.11. The molecule has 0 aliphatic heterocycles. The quantitative estimate of drug-likeness (QED) is 0.473. The Morgan fingerprint density at radius 3 is 1.64 bits per heavy atom. The molecule has 0 saturated heterocycles. The first-order valence-corrected chi connectivity index (χ1v) is 8.11. The average molecular weight is 340 g/mol. The van der Waals surface area contributed by atoms with Crippen LogP contribution < -0.4 is 0 Å².